The van der Waals surface area contributed by atoms with Gasteiger partial charge in [-0.2, -0.15) is 13.2 Å². The molecular weight excluding hydrogens is 395 g/mol. The summed E-state index contributed by atoms with van der Waals surface area (Å²) in [7, 11) is 0. The van der Waals surface area contributed by atoms with Gasteiger partial charge in [0.15, 0.2) is 0 Å². The van der Waals surface area contributed by atoms with Gasteiger partial charge in [0, 0.05) is 38.1 Å². The monoisotopic (exact) mass is 425 g/mol. The first-order chi connectivity index (χ1) is 14.3. The van der Waals surface area contributed by atoms with Crippen molar-refractivity contribution in [1.29, 1.82) is 0 Å². The second kappa shape index (κ2) is 8.48. The fourth-order valence-electron chi connectivity index (χ4n) is 5.64. The average Bonchev–Trinajstić information content (AvgIpc) is 2.74. The number of hydrogen-bond acceptors (Lipinski definition) is 4. The smallest absolute Gasteiger partial charge is 0.385 e. The minimum Gasteiger partial charge on any atom is -0.385 e. The molecule has 1 aliphatic carbocycles. The Morgan fingerprint density at radius 2 is 1.90 bits per heavy atom. The zero-order valence-electron chi connectivity index (χ0n) is 17.1. The maximum Gasteiger partial charge on any atom is 0.401 e. The molecule has 2 N–H and O–H groups in total. The number of alkyl halides is 3. The average molecular weight is 425 g/mol. The third-order valence-electron chi connectivity index (χ3n) is 7.06. The van der Waals surface area contributed by atoms with Gasteiger partial charge in [-0.05, 0) is 24.8 Å². The molecule has 1 aromatic carbocycles. The summed E-state index contributed by atoms with van der Waals surface area (Å²) >= 11 is 0. The Kier molecular flexibility index (Phi) is 6.10. The standard InChI is InChI=1S/C22H30F3N3O2/c23-22(24,25)15-27-13-11-26-14-19(27)20(29)28-12-10-21(30,16-6-2-1-3-7-16)17-8-4-5-9-18(17)28/h1-3,6-7,17-19,26,30H,4-5,8-15H2/t17-,18+,19?,21-/m0/s1. The predicted molar refractivity (Wildman–Crippen MR) is 107 cm³/mol. The van der Waals surface area contributed by atoms with E-state index in [1.54, 1.807) is 4.90 Å². The van der Waals surface area contributed by atoms with Gasteiger partial charge in [-0.25, -0.2) is 0 Å². The first-order valence-corrected chi connectivity index (χ1v) is 10.9. The highest BCUT2D eigenvalue weighted by atomic mass is 19.4. The third-order valence-corrected chi connectivity index (χ3v) is 7.06. The summed E-state index contributed by atoms with van der Waals surface area (Å²) in [4.78, 5) is 16.5. The topological polar surface area (TPSA) is 55.8 Å². The molecule has 4 atom stereocenters. The molecule has 166 valence electrons. The molecule has 2 aliphatic heterocycles. The zero-order chi connectivity index (χ0) is 21.4. The molecular formula is C22H30F3N3O2. The summed E-state index contributed by atoms with van der Waals surface area (Å²) in [5, 5.41) is 14.7. The van der Waals surface area contributed by atoms with E-state index < -0.39 is 24.4 Å². The van der Waals surface area contributed by atoms with E-state index >= 15 is 0 Å². The largest absolute Gasteiger partial charge is 0.401 e. The van der Waals surface area contributed by atoms with Gasteiger partial charge >= 0.3 is 6.18 Å². The van der Waals surface area contributed by atoms with Crippen LogP contribution in [0.3, 0.4) is 0 Å². The van der Waals surface area contributed by atoms with Crippen molar-refractivity contribution in [3.8, 4) is 0 Å². The van der Waals surface area contributed by atoms with Gasteiger partial charge in [-0.1, -0.05) is 43.2 Å². The fraction of sp³-hybridized carbons (Fsp3) is 0.682. The van der Waals surface area contributed by atoms with Crippen LogP contribution in [-0.4, -0.2) is 71.8 Å². The molecule has 3 aliphatic rings. The lowest BCUT2D eigenvalue weighted by Crippen LogP contribution is -2.65. The first-order valence-electron chi connectivity index (χ1n) is 10.9. The van der Waals surface area contributed by atoms with Crippen LogP contribution in [0.2, 0.25) is 0 Å². The summed E-state index contributed by atoms with van der Waals surface area (Å²) in [6, 6.07) is 8.63. The Hall–Kier alpha value is -1.64. The summed E-state index contributed by atoms with van der Waals surface area (Å²) in [5.41, 5.74) is -0.133. The molecule has 5 nitrogen and oxygen atoms in total. The molecule has 1 amide bonds. The summed E-state index contributed by atoms with van der Waals surface area (Å²) in [5.74, 6) is -0.336. The number of piperidine rings is 1. The quantitative estimate of drug-likeness (QED) is 0.782. The molecule has 1 saturated carbocycles. The number of benzene rings is 1. The van der Waals surface area contributed by atoms with Crippen LogP contribution in [0, 0.1) is 5.92 Å². The molecule has 2 heterocycles. The van der Waals surface area contributed by atoms with Crippen LogP contribution in [0.4, 0.5) is 13.2 Å². The van der Waals surface area contributed by atoms with E-state index in [0.717, 1.165) is 31.2 Å². The number of likely N-dealkylation sites (tertiary alicyclic amines) is 1. The molecule has 1 unspecified atom stereocenters. The molecule has 2 saturated heterocycles. The number of piperazine rings is 1. The highest BCUT2D eigenvalue weighted by Crippen LogP contribution is 2.47. The predicted octanol–water partition coefficient (Wildman–Crippen LogP) is 2.50. The van der Waals surface area contributed by atoms with Crippen molar-refractivity contribution < 1.29 is 23.1 Å². The van der Waals surface area contributed by atoms with Crippen LogP contribution in [0.25, 0.3) is 0 Å². The Morgan fingerprint density at radius 3 is 2.63 bits per heavy atom. The normalized spacial score (nSPS) is 33.2. The van der Waals surface area contributed by atoms with E-state index in [4.69, 9.17) is 0 Å². The molecule has 0 spiro atoms. The van der Waals surface area contributed by atoms with Gasteiger partial charge in [-0.3, -0.25) is 9.69 Å². The second-order valence-corrected chi connectivity index (χ2v) is 8.84. The van der Waals surface area contributed by atoms with E-state index in [-0.39, 0.29) is 31.0 Å². The van der Waals surface area contributed by atoms with Crippen LogP contribution in [0.1, 0.15) is 37.7 Å². The van der Waals surface area contributed by atoms with Crippen LogP contribution < -0.4 is 5.32 Å². The lowest BCUT2D eigenvalue weighted by molar-refractivity contribution is -0.170. The Balaban J connectivity index is 1.57. The van der Waals surface area contributed by atoms with E-state index in [1.165, 1.54) is 4.90 Å². The molecule has 0 aromatic heterocycles. The van der Waals surface area contributed by atoms with E-state index in [9.17, 15) is 23.1 Å². The van der Waals surface area contributed by atoms with Crippen molar-refractivity contribution in [1.82, 2.24) is 15.1 Å². The van der Waals surface area contributed by atoms with Crippen molar-refractivity contribution in [3.05, 3.63) is 35.9 Å². The number of carbonyl (C=O) groups is 1. The number of fused-ring (bicyclic) bond motifs is 1. The van der Waals surface area contributed by atoms with Gasteiger partial charge in [0.25, 0.3) is 0 Å². The number of carbonyl (C=O) groups excluding carboxylic acids is 1. The van der Waals surface area contributed by atoms with Crippen LogP contribution in [0.15, 0.2) is 30.3 Å². The second-order valence-electron chi connectivity index (χ2n) is 8.84. The van der Waals surface area contributed by atoms with Crippen LogP contribution in [-0.2, 0) is 10.4 Å². The van der Waals surface area contributed by atoms with Gasteiger partial charge in [0.2, 0.25) is 5.91 Å². The molecule has 3 fully saturated rings. The number of rotatable bonds is 3. The van der Waals surface area contributed by atoms with Crippen LogP contribution in [0.5, 0.6) is 0 Å². The minimum absolute atomic E-state index is 0.0982. The molecule has 30 heavy (non-hydrogen) atoms. The number of hydrogen-bond donors (Lipinski definition) is 2. The number of nitrogens with zero attached hydrogens (tertiary/aromatic N) is 2. The SMILES string of the molecule is O=C(C1CNCCN1CC(F)(F)F)N1CC[C@](O)(c2ccccc2)[C@H]2CCCC[C@H]21. The van der Waals surface area contributed by atoms with Crippen molar-refractivity contribution in [3.63, 3.8) is 0 Å². The first kappa shape index (κ1) is 21.6. The molecule has 0 bridgehead atoms. The highest BCUT2D eigenvalue weighted by molar-refractivity contribution is 5.83. The van der Waals surface area contributed by atoms with Crippen molar-refractivity contribution >= 4 is 5.91 Å². The fourth-order valence-corrected chi connectivity index (χ4v) is 5.64. The Labute approximate surface area is 175 Å². The molecule has 8 heteroatoms. The van der Waals surface area contributed by atoms with Crippen molar-refractivity contribution in [2.24, 2.45) is 5.92 Å². The number of aliphatic hydroxyl groups is 1. The van der Waals surface area contributed by atoms with Crippen LogP contribution >= 0.6 is 0 Å². The lowest BCUT2D eigenvalue weighted by atomic mass is 9.66. The van der Waals surface area contributed by atoms with E-state index in [0.29, 0.717) is 19.5 Å². The third kappa shape index (κ3) is 4.22. The summed E-state index contributed by atoms with van der Waals surface area (Å²) < 4.78 is 39.2. The van der Waals surface area contributed by atoms with Crippen molar-refractivity contribution in [2.45, 2.75) is 56.0 Å². The van der Waals surface area contributed by atoms with Gasteiger partial charge in [0.05, 0.1) is 12.1 Å². The molecule has 4 rings (SSSR count). The van der Waals surface area contributed by atoms with E-state index in [2.05, 4.69) is 5.32 Å². The number of amides is 1. The lowest BCUT2D eigenvalue weighted by Gasteiger charge is -2.53. The Bertz CT molecular complexity index is 745. The van der Waals surface area contributed by atoms with Crippen molar-refractivity contribution in [2.75, 3.05) is 32.7 Å². The van der Waals surface area contributed by atoms with Gasteiger partial charge < -0.3 is 15.3 Å². The van der Waals surface area contributed by atoms with Gasteiger partial charge in [-0.15, -0.1) is 0 Å². The zero-order valence-corrected chi connectivity index (χ0v) is 17.1. The maximum atomic E-state index is 13.4. The summed E-state index contributed by atoms with van der Waals surface area (Å²) in [6.45, 7) is 0.167. The summed E-state index contributed by atoms with van der Waals surface area (Å²) in [6.07, 6.45) is -0.378. The van der Waals surface area contributed by atoms with Gasteiger partial charge in [0.1, 0.15) is 6.04 Å². The van der Waals surface area contributed by atoms with E-state index in [1.807, 2.05) is 30.3 Å². The number of halogens is 3. The maximum absolute atomic E-state index is 13.4. The minimum atomic E-state index is -4.33. The highest BCUT2D eigenvalue weighted by Gasteiger charge is 2.51. The molecule has 1 aromatic rings. The molecule has 0 radical (unpaired) electrons. The number of nitrogens with one attached hydrogen (secondary N) is 1. The Morgan fingerprint density at radius 1 is 1.17 bits per heavy atom.